The summed E-state index contributed by atoms with van der Waals surface area (Å²) in [6.45, 7) is 3.79. The van der Waals surface area contributed by atoms with Crippen LogP contribution in [0.25, 0.3) is 0 Å². The van der Waals surface area contributed by atoms with Gasteiger partial charge in [0.1, 0.15) is 5.54 Å². The Hall–Kier alpha value is -1.79. The summed E-state index contributed by atoms with van der Waals surface area (Å²) in [5.74, 6) is -1.16. The number of carboxylic acid groups (broad SMARTS) is 1. The average Bonchev–Trinajstić information content (AvgIpc) is 2.37. The molecular formula is C12H21N3O4. The Morgan fingerprint density at radius 1 is 1.21 bits per heavy atom. The molecule has 0 aliphatic carbocycles. The maximum atomic E-state index is 11.9. The first-order valence-corrected chi connectivity index (χ1v) is 6.30. The van der Waals surface area contributed by atoms with E-state index in [1.807, 2.05) is 0 Å². The number of hydrogen-bond acceptors (Lipinski definition) is 3. The summed E-state index contributed by atoms with van der Waals surface area (Å²) in [7, 11) is 1.59. The Labute approximate surface area is 112 Å². The number of aliphatic carboxylic acids is 1. The Kier molecular flexibility index (Phi) is 4.74. The minimum absolute atomic E-state index is 0.00840. The number of carbonyl (C=O) groups excluding carboxylic acids is 2. The standard InChI is InChI=1S/C12H21N3O4/c1-12(2,10(17)18)14-11(19)15-6-4-8(5-7-15)9(16)13-3/h8H,4-7H2,1-3H3,(H,13,16)(H,14,19)(H,17,18). The van der Waals surface area contributed by atoms with Crippen molar-refractivity contribution >= 4 is 17.9 Å². The topological polar surface area (TPSA) is 98.7 Å². The maximum absolute atomic E-state index is 11.9. The molecule has 0 aromatic carbocycles. The average molecular weight is 271 g/mol. The fourth-order valence-electron chi connectivity index (χ4n) is 1.95. The third-order valence-electron chi connectivity index (χ3n) is 3.35. The first-order chi connectivity index (χ1) is 8.77. The van der Waals surface area contributed by atoms with Gasteiger partial charge in [0, 0.05) is 26.1 Å². The van der Waals surface area contributed by atoms with Crippen molar-refractivity contribution in [1.29, 1.82) is 0 Å². The SMILES string of the molecule is CNC(=O)C1CCN(C(=O)NC(C)(C)C(=O)O)CC1. The number of piperidine rings is 1. The number of rotatable bonds is 3. The lowest BCUT2D eigenvalue weighted by molar-refractivity contribution is -0.143. The van der Waals surface area contributed by atoms with Crippen LogP contribution in [-0.4, -0.2) is 53.6 Å². The van der Waals surface area contributed by atoms with Crippen LogP contribution in [0.5, 0.6) is 0 Å². The molecule has 1 aliphatic heterocycles. The van der Waals surface area contributed by atoms with Crippen LogP contribution in [-0.2, 0) is 9.59 Å². The zero-order valence-corrected chi connectivity index (χ0v) is 11.5. The number of carboxylic acids is 1. The van der Waals surface area contributed by atoms with Crippen LogP contribution < -0.4 is 10.6 Å². The number of urea groups is 1. The minimum atomic E-state index is -1.30. The van der Waals surface area contributed by atoms with Gasteiger partial charge in [0.25, 0.3) is 0 Å². The minimum Gasteiger partial charge on any atom is -0.480 e. The summed E-state index contributed by atoms with van der Waals surface area (Å²) >= 11 is 0. The van der Waals surface area contributed by atoms with Gasteiger partial charge in [-0.1, -0.05) is 0 Å². The molecule has 7 heteroatoms. The molecule has 0 aromatic rings. The smallest absolute Gasteiger partial charge is 0.328 e. The molecule has 1 fully saturated rings. The van der Waals surface area contributed by atoms with E-state index >= 15 is 0 Å². The van der Waals surface area contributed by atoms with Crippen LogP contribution in [0.1, 0.15) is 26.7 Å². The van der Waals surface area contributed by atoms with Crippen LogP contribution in [0.2, 0.25) is 0 Å². The first kappa shape index (κ1) is 15.3. The molecule has 3 amide bonds. The lowest BCUT2D eigenvalue weighted by Gasteiger charge is -2.33. The second-order valence-corrected chi connectivity index (χ2v) is 5.24. The predicted molar refractivity (Wildman–Crippen MR) is 68.6 cm³/mol. The number of carbonyl (C=O) groups is 3. The zero-order chi connectivity index (χ0) is 14.6. The van der Waals surface area contributed by atoms with Crippen molar-refractivity contribution < 1.29 is 19.5 Å². The Morgan fingerprint density at radius 3 is 2.16 bits per heavy atom. The van der Waals surface area contributed by atoms with E-state index in [9.17, 15) is 14.4 Å². The van der Waals surface area contributed by atoms with E-state index in [0.29, 0.717) is 25.9 Å². The molecule has 19 heavy (non-hydrogen) atoms. The molecule has 1 aliphatic rings. The van der Waals surface area contributed by atoms with Crippen LogP contribution in [0.4, 0.5) is 4.79 Å². The van der Waals surface area contributed by atoms with Crippen LogP contribution in [0.3, 0.4) is 0 Å². The molecule has 1 rings (SSSR count). The summed E-state index contributed by atoms with van der Waals surface area (Å²) < 4.78 is 0. The molecule has 0 bridgehead atoms. The van der Waals surface area contributed by atoms with E-state index in [2.05, 4.69) is 10.6 Å². The maximum Gasteiger partial charge on any atom is 0.328 e. The highest BCUT2D eigenvalue weighted by Crippen LogP contribution is 2.17. The molecule has 108 valence electrons. The van der Waals surface area contributed by atoms with Gasteiger partial charge in [-0.25, -0.2) is 9.59 Å². The monoisotopic (exact) mass is 271 g/mol. The van der Waals surface area contributed by atoms with Crippen LogP contribution in [0, 0.1) is 5.92 Å². The van der Waals surface area contributed by atoms with Crippen molar-refractivity contribution in [1.82, 2.24) is 15.5 Å². The quantitative estimate of drug-likeness (QED) is 0.673. The van der Waals surface area contributed by atoms with Gasteiger partial charge >= 0.3 is 12.0 Å². The molecular weight excluding hydrogens is 250 g/mol. The molecule has 0 radical (unpaired) electrons. The van der Waals surface area contributed by atoms with Crippen molar-refractivity contribution in [2.75, 3.05) is 20.1 Å². The summed E-state index contributed by atoms with van der Waals surface area (Å²) in [6.07, 6.45) is 1.20. The first-order valence-electron chi connectivity index (χ1n) is 6.30. The highest BCUT2D eigenvalue weighted by Gasteiger charge is 2.33. The fraction of sp³-hybridized carbons (Fsp3) is 0.750. The molecule has 0 unspecified atom stereocenters. The third-order valence-corrected chi connectivity index (χ3v) is 3.35. The van der Waals surface area contributed by atoms with Gasteiger partial charge in [0.05, 0.1) is 0 Å². The number of amides is 3. The number of hydrogen-bond donors (Lipinski definition) is 3. The van der Waals surface area contributed by atoms with Gasteiger partial charge < -0.3 is 20.6 Å². The molecule has 0 saturated carbocycles. The Balaban J connectivity index is 2.50. The van der Waals surface area contributed by atoms with E-state index in [4.69, 9.17) is 5.11 Å². The van der Waals surface area contributed by atoms with Crippen molar-refractivity contribution in [3.63, 3.8) is 0 Å². The van der Waals surface area contributed by atoms with E-state index in [-0.39, 0.29) is 11.8 Å². The lowest BCUT2D eigenvalue weighted by Crippen LogP contribution is -2.55. The van der Waals surface area contributed by atoms with Crippen molar-refractivity contribution in [3.8, 4) is 0 Å². The Morgan fingerprint density at radius 2 is 1.74 bits per heavy atom. The second-order valence-electron chi connectivity index (χ2n) is 5.24. The third kappa shape index (κ3) is 3.84. The van der Waals surface area contributed by atoms with Crippen LogP contribution >= 0.6 is 0 Å². The number of nitrogens with one attached hydrogen (secondary N) is 2. The van der Waals surface area contributed by atoms with Gasteiger partial charge in [0.15, 0.2) is 0 Å². The highest BCUT2D eigenvalue weighted by atomic mass is 16.4. The predicted octanol–water partition coefficient (Wildman–Crippen LogP) is 0.0172. The summed E-state index contributed by atoms with van der Waals surface area (Å²) in [6, 6.07) is -0.400. The van der Waals surface area contributed by atoms with Gasteiger partial charge in [0.2, 0.25) is 5.91 Å². The van der Waals surface area contributed by atoms with Crippen LogP contribution in [0.15, 0.2) is 0 Å². The van der Waals surface area contributed by atoms with E-state index in [1.54, 1.807) is 11.9 Å². The molecule has 7 nitrogen and oxygen atoms in total. The second kappa shape index (κ2) is 5.90. The Bertz CT molecular complexity index is 373. The van der Waals surface area contributed by atoms with Crippen molar-refractivity contribution in [2.45, 2.75) is 32.2 Å². The molecule has 0 atom stereocenters. The molecule has 3 N–H and O–H groups in total. The molecule has 1 heterocycles. The van der Waals surface area contributed by atoms with Gasteiger partial charge in [-0.2, -0.15) is 0 Å². The normalized spacial score (nSPS) is 16.9. The summed E-state index contributed by atoms with van der Waals surface area (Å²) in [5.41, 5.74) is -1.30. The van der Waals surface area contributed by atoms with Gasteiger partial charge in [-0.3, -0.25) is 4.79 Å². The van der Waals surface area contributed by atoms with E-state index in [1.165, 1.54) is 13.8 Å². The van der Waals surface area contributed by atoms with Gasteiger partial charge in [-0.15, -0.1) is 0 Å². The van der Waals surface area contributed by atoms with Crippen molar-refractivity contribution in [3.05, 3.63) is 0 Å². The molecule has 0 aromatic heterocycles. The lowest BCUT2D eigenvalue weighted by atomic mass is 9.96. The molecule has 1 saturated heterocycles. The zero-order valence-electron chi connectivity index (χ0n) is 11.5. The highest BCUT2D eigenvalue weighted by molar-refractivity contribution is 5.85. The number of likely N-dealkylation sites (tertiary alicyclic amines) is 1. The van der Waals surface area contributed by atoms with E-state index in [0.717, 1.165) is 0 Å². The molecule has 0 spiro atoms. The van der Waals surface area contributed by atoms with Gasteiger partial charge in [-0.05, 0) is 26.7 Å². The summed E-state index contributed by atoms with van der Waals surface area (Å²) in [4.78, 5) is 35.8. The van der Waals surface area contributed by atoms with E-state index < -0.39 is 17.5 Å². The fourth-order valence-corrected chi connectivity index (χ4v) is 1.95. The number of nitrogens with zero attached hydrogens (tertiary/aromatic N) is 1. The largest absolute Gasteiger partial charge is 0.480 e. The van der Waals surface area contributed by atoms with Crippen molar-refractivity contribution in [2.24, 2.45) is 5.92 Å². The summed E-state index contributed by atoms with van der Waals surface area (Å²) in [5, 5.41) is 14.0.